The van der Waals surface area contributed by atoms with Gasteiger partial charge in [-0.2, -0.15) is 0 Å². The molecular weight excluding hydrogens is 152 g/mol. The van der Waals surface area contributed by atoms with Gasteiger partial charge in [-0.05, 0) is 30.1 Å². The Kier molecular flexibility index (Phi) is 2.79. The molecule has 2 nitrogen and oxygen atoms in total. The van der Waals surface area contributed by atoms with E-state index in [1.165, 1.54) is 0 Å². The van der Waals surface area contributed by atoms with Gasteiger partial charge in [0.2, 0.25) is 0 Å². The van der Waals surface area contributed by atoms with E-state index in [-0.39, 0.29) is 24.0 Å². The molecule has 0 aliphatic heterocycles. The number of hydrogen-bond acceptors (Lipinski definition) is 2. The summed E-state index contributed by atoms with van der Waals surface area (Å²) in [6.45, 7) is 6.40. The quantitative estimate of drug-likeness (QED) is 0.661. The van der Waals surface area contributed by atoms with E-state index >= 15 is 0 Å². The van der Waals surface area contributed by atoms with Gasteiger partial charge in [0.1, 0.15) is 0 Å². The Bertz CT molecular complexity index is 154. The molecule has 1 aliphatic rings. The molecule has 0 radical (unpaired) electrons. The maximum atomic E-state index is 9.91. The molecule has 1 saturated carbocycles. The van der Waals surface area contributed by atoms with Gasteiger partial charge >= 0.3 is 0 Å². The van der Waals surface area contributed by atoms with E-state index in [0.717, 1.165) is 12.8 Å². The maximum absolute atomic E-state index is 9.91. The van der Waals surface area contributed by atoms with Crippen molar-refractivity contribution in [2.75, 3.05) is 6.61 Å². The third-order valence-electron chi connectivity index (χ3n) is 3.35. The zero-order chi connectivity index (χ0) is 9.35. The van der Waals surface area contributed by atoms with Crippen LogP contribution in [0.1, 0.15) is 33.6 Å². The van der Waals surface area contributed by atoms with Gasteiger partial charge in [-0.25, -0.2) is 0 Å². The predicted octanol–water partition coefficient (Wildman–Crippen LogP) is 1.41. The predicted molar refractivity (Wildman–Crippen MR) is 48.8 cm³/mol. The summed E-state index contributed by atoms with van der Waals surface area (Å²) >= 11 is 0. The zero-order valence-electron chi connectivity index (χ0n) is 8.25. The average molecular weight is 172 g/mol. The van der Waals surface area contributed by atoms with Crippen LogP contribution in [0.15, 0.2) is 0 Å². The van der Waals surface area contributed by atoms with Crippen molar-refractivity contribution in [2.24, 2.45) is 17.3 Å². The molecule has 0 bridgehead atoms. The van der Waals surface area contributed by atoms with Crippen LogP contribution in [0.3, 0.4) is 0 Å². The second-order valence-electron chi connectivity index (χ2n) is 4.80. The smallest absolute Gasteiger partial charge is 0.0622 e. The summed E-state index contributed by atoms with van der Waals surface area (Å²) in [5, 5.41) is 18.9. The summed E-state index contributed by atoms with van der Waals surface area (Å²) in [5.41, 5.74) is 0.0497. The number of hydrogen-bond donors (Lipinski definition) is 2. The van der Waals surface area contributed by atoms with Gasteiger partial charge in [-0.1, -0.05) is 20.8 Å². The van der Waals surface area contributed by atoms with E-state index in [9.17, 15) is 5.11 Å². The molecule has 1 fully saturated rings. The molecule has 0 aromatic heterocycles. The zero-order valence-corrected chi connectivity index (χ0v) is 8.25. The van der Waals surface area contributed by atoms with E-state index in [4.69, 9.17) is 5.11 Å². The highest BCUT2D eigenvalue weighted by atomic mass is 16.3. The number of rotatable bonds is 2. The highest BCUT2D eigenvalue weighted by Gasteiger charge is 2.42. The minimum atomic E-state index is -0.236. The highest BCUT2D eigenvalue weighted by Crippen LogP contribution is 2.44. The number of aliphatic hydroxyl groups excluding tert-OH is 2. The van der Waals surface area contributed by atoms with Crippen molar-refractivity contribution in [2.45, 2.75) is 39.7 Å². The molecule has 2 heteroatoms. The fourth-order valence-electron chi connectivity index (χ4n) is 2.16. The third kappa shape index (κ3) is 1.64. The van der Waals surface area contributed by atoms with Gasteiger partial charge in [-0.3, -0.25) is 0 Å². The van der Waals surface area contributed by atoms with Gasteiger partial charge in [-0.15, -0.1) is 0 Å². The normalized spacial score (nSPS) is 36.8. The van der Waals surface area contributed by atoms with E-state index in [1.807, 2.05) is 6.92 Å². The summed E-state index contributed by atoms with van der Waals surface area (Å²) < 4.78 is 0. The van der Waals surface area contributed by atoms with Gasteiger partial charge in [0.05, 0.1) is 6.10 Å². The fourth-order valence-corrected chi connectivity index (χ4v) is 2.16. The van der Waals surface area contributed by atoms with Crippen molar-refractivity contribution in [1.29, 1.82) is 0 Å². The van der Waals surface area contributed by atoms with E-state index in [0.29, 0.717) is 5.92 Å². The summed E-state index contributed by atoms with van der Waals surface area (Å²) in [5.74, 6) is 0.534. The maximum Gasteiger partial charge on any atom is 0.0622 e. The van der Waals surface area contributed by atoms with Crippen molar-refractivity contribution in [3.8, 4) is 0 Å². The summed E-state index contributed by atoms with van der Waals surface area (Å²) in [7, 11) is 0. The molecule has 0 amide bonds. The Labute approximate surface area is 74.6 Å². The molecule has 0 aromatic carbocycles. The molecule has 0 saturated heterocycles. The molecule has 0 unspecified atom stereocenters. The van der Waals surface area contributed by atoms with Crippen LogP contribution in [0, 0.1) is 17.3 Å². The van der Waals surface area contributed by atoms with E-state index in [1.54, 1.807) is 0 Å². The Morgan fingerprint density at radius 2 is 2.08 bits per heavy atom. The highest BCUT2D eigenvalue weighted by molar-refractivity contribution is 4.92. The molecule has 12 heavy (non-hydrogen) atoms. The van der Waals surface area contributed by atoms with E-state index in [2.05, 4.69) is 13.8 Å². The lowest BCUT2D eigenvalue weighted by atomic mass is 9.83. The SMILES string of the molecule is C[C@H](CO)[C@H]1CCC(C)(C)[C@@H]1O. The van der Waals surface area contributed by atoms with Crippen molar-refractivity contribution in [1.82, 2.24) is 0 Å². The van der Waals surface area contributed by atoms with Crippen LogP contribution in [0.25, 0.3) is 0 Å². The van der Waals surface area contributed by atoms with Crippen LogP contribution >= 0.6 is 0 Å². The monoisotopic (exact) mass is 172 g/mol. The lowest BCUT2D eigenvalue weighted by molar-refractivity contribution is 0.0174. The van der Waals surface area contributed by atoms with Crippen molar-refractivity contribution < 1.29 is 10.2 Å². The molecular formula is C10H20O2. The second-order valence-corrected chi connectivity index (χ2v) is 4.80. The Balaban J connectivity index is 2.61. The van der Waals surface area contributed by atoms with Crippen LogP contribution in [0.4, 0.5) is 0 Å². The van der Waals surface area contributed by atoms with Crippen LogP contribution in [0.5, 0.6) is 0 Å². The van der Waals surface area contributed by atoms with Crippen molar-refractivity contribution in [3.63, 3.8) is 0 Å². The molecule has 3 atom stereocenters. The lowest BCUT2D eigenvalue weighted by Gasteiger charge is -2.28. The molecule has 0 spiro atoms. The minimum Gasteiger partial charge on any atom is -0.396 e. The number of aliphatic hydroxyl groups is 2. The van der Waals surface area contributed by atoms with Gasteiger partial charge < -0.3 is 10.2 Å². The van der Waals surface area contributed by atoms with Crippen molar-refractivity contribution in [3.05, 3.63) is 0 Å². The fraction of sp³-hybridized carbons (Fsp3) is 1.00. The van der Waals surface area contributed by atoms with E-state index < -0.39 is 0 Å². The van der Waals surface area contributed by atoms with Crippen LogP contribution < -0.4 is 0 Å². The minimum absolute atomic E-state index is 0.0497. The van der Waals surface area contributed by atoms with Crippen molar-refractivity contribution >= 4 is 0 Å². The summed E-state index contributed by atoms with van der Waals surface area (Å²) in [6, 6.07) is 0. The second kappa shape index (κ2) is 3.35. The molecule has 1 rings (SSSR count). The molecule has 72 valence electrons. The third-order valence-corrected chi connectivity index (χ3v) is 3.35. The standard InChI is InChI=1S/C10H20O2/c1-7(6-11)8-4-5-10(2,3)9(8)12/h7-9,11-12H,4-6H2,1-3H3/t7-,8-,9-/m1/s1. The van der Waals surface area contributed by atoms with Crippen LogP contribution in [-0.4, -0.2) is 22.9 Å². The molecule has 0 aromatic rings. The average Bonchev–Trinajstić information content (AvgIpc) is 2.27. The first-order valence-electron chi connectivity index (χ1n) is 4.78. The Hall–Kier alpha value is -0.0800. The topological polar surface area (TPSA) is 40.5 Å². The summed E-state index contributed by atoms with van der Waals surface area (Å²) in [4.78, 5) is 0. The summed E-state index contributed by atoms with van der Waals surface area (Å²) in [6.07, 6.45) is 1.89. The van der Waals surface area contributed by atoms with Gasteiger partial charge in [0, 0.05) is 6.61 Å². The van der Waals surface area contributed by atoms with Crippen LogP contribution in [-0.2, 0) is 0 Å². The Morgan fingerprint density at radius 1 is 1.50 bits per heavy atom. The van der Waals surface area contributed by atoms with Gasteiger partial charge in [0.25, 0.3) is 0 Å². The van der Waals surface area contributed by atoms with Gasteiger partial charge in [0.15, 0.2) is 0 Å². The molecule has 1 aliphatic carbocycles. The largest absolute Gasteiger partial charge is 0.396 e. The Morgan fingerprint density at radius 3 is 2.42 bits per heavy atom. The first-order chi connectivity index (χ1) is 5.49. The first kappa shape index (κ1) is 10.0. The molecule has 2 N–H and O–H groups in total. The lowest BCUT2D eigenvalue weighted by Crippen LogP contribution is -2.32. The molecule has 0 heterocycles. The first-order valence-corrected chi connectivity index (χ1v) is 4.78. The van der Waals surface area contributed by atoms with Crippen LogP contribution in [0.2, 0.25) is 0 Å².